The maximum Gasteiger partial charge on any atom is 0.0109 e. The standard InChI is InChI=1S/C13H27N3/c1-15-7-4-8-16(10-9-15)11-12-5-2-3-6-13(12)14/h12-13H,2-11,14H2,1H3. The molecule has 3 heteroatoms. The van der Waals surface area contributed by atoms with E-state index in [9.17, 15) is 0 Å². The number of rotatable bonds is 2. The molecule has 1 saturated heterocycles. The third-order valence-electron chi connectivity index (χ3n) is 4.27. The van der Waals surface area contributed by atoms with Crippen LogP contribution in [-0.2, 0) is 0 Å². The molecule has 2 rings (SSSR count). The Morgan fingerprint density at radius 1 is 1.00 bits per heavy atom. The molecule has 16 heavy (non-hydrogen) atoms. The third-order valence-corrected chi connectivity index (χ3v) is 4.27. The van der Waals surface area contributed by atoms with E-state index in [1.54, 1.807) is 0 Å². The Hall–Kier alpha value is -0.120. The van der Waals surface area contributed by atoms with Crippen LogP contribution in [0.25, 0.3) is 0 Å². The minimum Gasteiger partial charge on any atom is -0.327 e. The molecule has 1 aliphatic carbocycles. The summed E-state index contributed by atoms with van der Waals surface area (Å²) < 4.78 is 0. The quantitative estimate of drug-likeness (QED) is 0.765. The van der Waals surface area contributed by atoms with Crippen molar-refractivity contribution in [3.8, 4) is 0 Å². The summed E-state index contributed by atoms with van der Waals surface area (Å²) in [6, 6.07) is 0.467. The molecule has 2 atom stereocenters. The summed E-state index contributed by atoms with van der Waals surface area (Å²) >= 11 is 0. The number of nitrogens with zero attached hydrogens (tertiary/aromatic N) is 2. The van der Waals surface area contributed by atoms with Gasteiger partial charge in [-0.2, -0.15) is 0 Å². The van der Waals surface area contributed by atoms with E-state index in [-0.39, 0.29) is 0 Å². The molecule has 0 aromatic heterocycles. The molecule has 0 aromatic carbocycles. The van der Waals surface area contributed by atoms with Crippen molar-refractivity contribution in [3.63, 3.8) is 0 Å². The zero-order valence-corrected chi connectivity index (χ0v) is 10.7. The van der Waals surface area contributed by atoms with Crippen LogP contribution in [0, 0.1) is 5.92 Å². The monoisotopic (exact) mass is 225 g/mol. The number of hydrogen-bond acceptors (Lipinski definition) is 3. The molecule has 2 aliphatic rings. The van der Waals surface area contributed by atoms with Crippen molar-refractivity contribution in [1.29, 1.82) is 0 Å². The molecule has 1 saturated carbocycles. The van der Waals surface area contributed by atoms with Gasteiger partial charge in [-0.25, -0.2) is 0 Å². The minimum atomic E-state index is 0.467. The van der Waals surface area contributed by atoms with Gasteiger partial charge < -0.3 is 15.5 Å². The van der Waals surface area contributed by atoms with Crippen LogP contribution in [0.15, 0.2) is 0 Å². The highest BCUT2D eigenvalue weighted by Gasteiger charge is 2.24. The highest BCUT2D eigenvalue weighted by Crippen LogP contribution is 2.24. The molecule has 94 valence electrons. The molecule has 2 N–H and O–H groups in total. The van der Waals surface area contributed by atoms with Gasteiger partial charge in [-0.3, -0.25) is 0 Å². The molecule has 2 fully saturated rings. The highest BCUT2D eigenvalue weighted by atomic mass is 15.2. The van der Waals surface area contributed by atoms with Crippen molar-refractivity contribution in [2.24, 2.45) is 11.7 Å². The normalized spacial score (nSPS) is 34.9. The van der Waals surface area contributed by atoms with Crippen molar-refractivity contribution in [3.05, 3.63) is 0 Å². The molecule has 0 spiro atoms. The molecule has 3 nitrogen and oxygen atoms in total. The number of nitrogens with two attached hydrogens (primary N) is 1. The Morgan fingerprint density at radius 3 is 2.62 bits per heavy atom. The molecule has 0 bridgehead atoms. The van der Waals surface area contributed by atoms with Gasteiger partial charge in [-0.1, -0.05) is 12.8 Å². The maximum absolute atomic E-state index is 6.23. The van der Waals surface area contributed by atoms with Crippen LogP contribution >= 0.6 is 0 Å². The molecule has 2 unspecified atom stereocenters. The molecular formula is C13H27N3. The highest BCUT2D eigenvalue weighted by molar-refractivity contribution is 4.81. The Labute approximate surface area is 100.0 Å². The molecule has 0 amide bonds. The van der Waals surface area contributed by atoms with Gasteiger partial charge in [0.2, 0.25) is 0 Å². The summed E-state index contributed by atoms with van der Waals surface area (Å²) in [5, 5.41) is 0. The lowest BCUT2D eigenvalue weighted by molar-refractivity contribution is 0.188. The van der Waals surface area contributed by atoms with Crippen LogP contribution in [0.1, 0.15) is 32.1 Å². The lowest BCUT2D eigenvalue weighted by atomic mass is 9.84. The summed E-state index contributed by atoms with van der Waals surface area (Å²) in [6.07, 6.45) is 6.66. The Kier molecular flexibility index (Phi) is 4.62. The van der Waals surface area contributed by atoms with Crippen LogP contribution < -0.4 is 5.73 Å². The first-order valence-corrected chi connectivity index (χ1v) is 6.92. The van der Waals surface area contributed by atoms with Crippen LogP contribution in [0.4, 0.5) is 0 Å². The van der Waals surface area contributed by atoms with Crippen molar-refractivity contribution < 1.29 is 0 Å². The predicted octanol–water partition coefficient (Wildman–Crippen LogP) is 1.14. The van der Waals surface area contributed by atoms with Crippen LogP contribution in [0.5, 0.6) is 0 Å². The summed E-state index contributed by atoms with van der Waals surface area (Å²) in [4.78, 5) is 5.08. The predicted molar refractivity (Wildman–Crippen MR) is 68.5 cm³/mol. The van der Waals surface area contributed by atoms with E-state index in [1.165, 1.54) is 64.8 Å². The lowest BCUT2D eigenvalue weighted by Gasteiger charge is -2.33. The fraction of sp³-hybridized carbons (Fsp3) is 1.00. The molecule has 1 aliphatic heterocycles. The lowest BCUT2D eigenvalue weighted by Crippen LogP contribution is -2.42. The van der Waals surface area contributed by atoms with Gasteiger partial charge in [-0.15, -0.1) is 0 Å². The van der Waals surface area contributed by atoms with Crippen LogP contribution in [0.2, 0.25) is 0 Å². The fourth-order valence-electron chi connectivity index (χ4n) is 3.08. The Morgan fingerprint density at radius 2 is 1.81 bits per heavy atom. The Balaban J connectivity index is 1.79. The van der Waals surface area contributed by atoms with Gasteiger partial charge in [0, 0.05) is 25.7 Å². The van der Waals surface area contributed by atoms with E-state index >= 15 is 0 Å². The summed E-state index contributed by atoms with van der Waals surface area (Å²) in [5.41, 5.74) is 6.23. The van der Waals surface area contributed by atoms with E-state index in [0.29, 0.717) is 6.04 Å². The molecular weight excluding hydrogens is 198 g/mol. The average Bonchev–Trinajstić information content (AvgIpc) is 2.47. The number of hydrogen-bond donors (Lipinski definition) is 1. The molecule has 0 radical (unpaired) electrons. The smallest absolute Gasteiger partial charge is 0.0109 e. The van der Waals surface area contributed by atoms with Crippen LogP contribution in [-0.4, -0.2) is 55.6 Å². The molecule has 1 heterocycles. The van der Waals surface area contributed by atoms with Gasteiger partial charge in [0.05, 0.1) is 0 Å². The van der Waals surface area contributed by atoms with E-state index < -0.39 is 0 Å². The Bertz CT molecular complexity index is 207. The maximum atomic E-state index is 6.23. The first-order chi connectivity index (χ1) is 7.75. The van der Waals surface area contributed by atoms with Gasteiger partial charge in [0.1, 0.15) is 0 Å². The second-order valence-corrected chi connectivity index (χ2v) is 5.67. The second kappa shape index (κ2) is 5.99. The first kappa shape index (κ1) is 12.3. The SMILES string of the molecule is CN1CCCN(CC2CCCCC2N)CC1. The van der Waals surface area contributed by atoms with Gasteiger partial charge >= 0.3 is 0 Å². The minimum absolute atomic E-state index is 0.467. The van der Waals surface area contributed by atoms with E-state index in [4.69, 9.17) is 5.73 Å². The van der Waals surface area contributed by atoms with Crippen LogP contribution in [0.3, 0.4) is 0 Å². The van der Waals surface area contributed by atoms with E-state index in [1.807, 2.05) is 0 Å². The summed E-state index contributed by atoms with van der Waals surface area (Å²) in [5.74, 6) is 0.761. The second-order valence-electron chi connectivity index (χ2n) is 5.67. The van der Waals surface area contributed by atoms with E-state index in [0.717, 1.165) is 5.92 Å². The zero-order chi connectivity index (χ0) is 11.4. The molecule has 0 aromatic rings. The topological polar surface area (TPSA) is 32.5 Å². The van der Waals surface area contributed by atoms with Gasteiger partial charge in [-0.05, 0) is 45.3 Å². The van der Waals surface area contributed by atoms with Crippen molar-refractivity contribution in [2.45, 2.75) is 38.1 Å². The van der Waals surface area contributed by atoms with Gasteiger partial charge in [0.15, 0.2) is 0 Å². The van der Waals surface area contributed by atoms with Crippen molar-refractivity contribution in [1.82, 2.24) is 9.80 Å². The average molecular weight is 225 g/mol. The van der Waals surface area contributed by atoms with Crippen molar-refractivity contribution in [2.75, 3.05) is 39.8 Å². The van der Waals surface area contributed by atoms with E-state index in [2.05, 4.69) is 16.8 Å². The van der Waals surface area contributed by atoms with Gasteiger partial charge in [0.25, 0.3) is 0 Å². The fourth-order valence-corrected chi connectivity index (χ4v) is 3.08. The first-order valence-electron chi connectivity index (χ1n) is 6.92. The zero-order valence-electron chi connectivity index (χ0n) is 10.7. The largest absolute Gasteiger partial charge is 0.327 e. The number of likely N-dealkylation sites (N-methyl/N-ethyl adjacent to an activating group) is 1. The van der Waals surface area contributed by atoms with Crippen molar-refractivity contribution >= 4 is 0 Å². The third kappa shape index (κ3) is 3.44. The summed E-state index contributed by atoms with van der Waals surface area (Å²) in [6.45, 7) is 6.23. The summed E-state index contributed by atoms with van der Waals surface area (Å²) in [7, 11) is 2.23.